The van der Waals surface area contributed by atoms with Crippen molar-refractivity contribution >= 4 is 17.5 Å². The summed E-state index contributed by atoms with van der Waals surface area (Å²) in [6, 6.07) is 28.4. The van der Waals surface area contributed by atoms with Crippen LogP contribution in [0.1, 0.15) is 29.2 Å². The maximum absolute atomic E-state index is 11.1. The summed E-state index contributed by atoms with van der Waals surface area (Å²) in [7, 11) is 0. The summed E-state index contributed by atoms with van der Waals surface area (Å²) >= 11 is 0. The number of hydrogen-bond acceptors (Lipinski definition) is 3. The number of nitrogens with zero attached hydrogens (tertiary/aromatic N) is 2. The van der Waals surface area contributed by atoms with E-state index in [0.29, 0.717) is 6.42 Å². The van der Waals surface area contributed by atoms with Crippen LogP contribution in [0.3, 0.4) is 0 Å². The highest BCUT2D eigenvalue weighted by atomic mass is 16.6. The minimum Gasteiger partial charge on any atom is -0.333 e. The molecule has 0 saturated heterocycles. The molecule has 1 heterocycles. The normalized spacial score (nSPS) is 15.8. The summed E-state index contributed by atoms with van der Waals surface area (Å²) in [5, 5.41) is 11.1. The summed E-state index contributed by atoms with van der Waals surface area (Å²) in [5.74, 6) is 0. The van der Waals surface area contributed by atoms with Crippen LogP contribution >= 0.6 is 0 Å². The number of benzene rings is 3. The van der Waals surface area contributed by atoms with Crippen molar-refractivity contribution < 1.29 is 4.92 Å². The van der Waals surface area contributed by atoms with Gasteiger partial charge in [-0.3, -0.25) is 10.1 Å². The van der Waals surface area contributed by atoms with Crippen molar-refractivity contribution in [2.24, 2.45) is 0 Å². The third-order valence-corrected chi connectivity index (χ3v) is 4.91. The summed E-state index contributed by atoms with van der Waals surface area (Å²) in [6.45, 7) is -0.0651. The number of anilines is 1. The Morgan fingerprint density at radius 1 is 0.852 bits per heavy atom. The molecule has 0 bridgehead atoms. The van der Waals surface area contributed by atoms with Gasteiger partial charge in [0.2, 0.25) is 6.54 Å². The van der Waals surface area contributed by atoms with Gasteiger partial charge in [-0.25, -0.2) is 0 Å². The standard InChI is InChI=1S/C23H20N2O2/c26-24(27)16-15-22-21-14-8-7-11-19(21)17-23(18-9-3-1-4-10-18)25(22)20-12-5-2-6-13-20/h1-14,17,22H,15-16H2. The second kappa shape index (κ2) is 7.46. The molecule has 4 rings (SSSR count). The van der Waals surface area contributed by atoms with Crippen LogP contribution in [0.5, 0.6) is 0 Å². The molecule has 0 radical (unpaired) electrons. The van der Waals surface area contributed by atoms with E-state index in [0.717, 1.165) is 28.1 Å². The predicted molar refractivity (Wildman–Crippen MR) is 109 cm³/mol. The van der Waals surface area contributed by atoms with Gasteiger partial charge in [0.05, 0.1) is 6.04 Å². The van der Waals surface area contributed by atoms with Crippen molar-refractivity contribution in [3.05, 3.63) is 112 Å². The molecule has 0 saturated carbocycles. The zero-order valence-corrected chi connectivity index (χ0v) is 14.9. The highest BCUT2D eigenvalue weighted by Gasteiger charge is 2.31. The molecule has 4 nitrogen and oxygen atoms in total. The van der Waals surface area contributed by atoms with Crippen LogP contribution in [0.15, 0.2) is 84.9 Å². The number of para-hydroxylation sites is 1. The first-order valence-corrected chi connectivity index (χ1v) is 9.06. The van der Waals surface area contributed by atoms with Crippen molar-refractivity contribution in [1.82, 2.24) is 0 Å². The lowest BCUT2D eigenvalue weighted by Gasteiger charge is -2.39. The number of fused-ring (bicyclic) bond motifs is 1. The third-order valence-electron chi connectivity index (χ3n) is 4.91. The van der Waals surface area contributed by atoms with Gasteiger partial charge in [0.15, 0.2) is 0 Å². The molecule has 1 unspecified atom stereocenters. The lowest BCUT2D eigenvalue weighted by molar-refractivity contribution is -0.480. The molecule has 0 aromatic heterocycles. The monoisotopic (exact) mass is 356 g/mol. The van der Waals surface area contributed by atoms with Gasteiger partial charge >= 0.3 is 0 Å². The van der Waals surface area contributed by atoms with E-state index in [1.807, 2.05) is 48.5 Å². The van der Waals surface area contributed by atoms with Crippen LogP contribution in [-0.2, 0) is 0 Å². The van der Waals surface area contributed by atoms with Gasteiger partial charge < -0.3 is 4.90 Å². The first-order chi connectivity index (χ1) is 13.2. The quantitative estimate of drug-likeness (QED) is 0.453. The fourth-order valence-electron chi connectivity index (χ4n) is 3.72. The molecule has 0 N–H and O–H groups in total. The Kier molecular flexibility index (Phi) is 4.71. The van der Waals surface area contributed by atoms with Gasteiger partial charge in [0, 0.05) is 22.7 Å². The predicted octanol–water partition coefficient (Wildman–Crippen LogP) is 5.41. The molecule has 1 aliphatic rings. The molecule has 0 amide bonds. The van der Waals surface area contributed by atoms with Crippen LogP contribution in [0.25, 0.3) is 11.8 Å². The molecule has 1 aliphatic heterocycles. The van der Waals surface area contributed by atoms with Crippen LogP contribution in [0, 0.1) is 10.1 Å². The van der Waals surface area contributed by atoms with Gasteiger partial charge in [-0.05, 0) is 34.9 Å². The molecule has 0 aliphatic carbocycles. The van der Waals surface area contributed by atoms with Gasteiger partial charge in [-0.15, -0.1) is 0 Å². The zero-order valence-electron chi connectivity index (χ0n) is 14.9. The summed E-state index contributed by atoms with van der Waals surface area (Å²) in [6.07, 6.45) is 2.63. The smallest absolute Gasteiger partial charge is 0.206 e. The Hall–Kier alpha value is -3.40. The van der Waals surface area contributed by atoms with Crippen LogP contribution in [0.4, 0.5) is 5.69 Å². The molecule has 4 heteroatoms. The Morgan fingerprint density at radius 3 is 2.19 bits per heavy atom. The van der Waals surface area contributed by atoms with Crippen molar-refractivity contribution in [2.45, 2.75) is 12.5 Å². The first kappa shape index (κ1) is 17.0. The Morgan fingerprint density at radius 2 is 1.48 bits per heavy atom. The molecule has 0 spiro atoms. The second-order valence-electron chi connectivity index (χ2n) is 6.59. The van der Waals surface area contributed by atoms with E-state index >= 15 is 0 Å². The average molecular weight is 356 g/mol. The lowest BCUT2D eigenvalue weighted by Crippen LogP contribution is -2.31. The van der Waals surface area contributed by atoms with Crippen molar-refractivity contribution in [2.75, 3.05) is 11.4 Å². The molecule has 3 aromatic carbocycles. The molecule has 0 fully saturated rings. The summed E-state index contributed by atoms with van der Waals surface area (Å²) < 4.78 is 0. The minimum atomic E-state index is -0.230. The van der Waals surface area contributed by atoms with E-state index in [1.165, 1.54) is 0 Å². The number of rotatable bonds is 5. The van der Waals surface area contributed by atoms with Crippen molar-refractivity contribution in [1.29, 1.82) is 0 Å². The lowest BCUT2D eigenvalue weighted by atomic mass is 9.89. The van der Waals surface area contributed by atoms with Crippen molar-refractivity contribution in [3.8, 4) is 0 Å². The van der Waals surface area contributed by atoms with Gasteiger partial charge in [-0.1, -0.05) is 72.8 Å². The van der Waals surface area contributed by atoms with Gasteiger partial charge in [0.1, 0.15) is 0 Å². The Balaban J connectivity index is 1.89. The summed E-state index contributed by atoms with van der Waals surface area (Å²) in [4.78, 5) is 13.1. The van der Waals surface area contributed by atoms with Gasteiger partial charge in [0.25, 0.3) is 0 Å². The fraction of sp³-hybridized carbons (Fsp3) is 0.130. The van der Waals surface area contributed by atoms with Crippen LogP contribution in [-0.4, -0.2) is 11.5 Å². The minimum absolute atomic E-state index is 0.0651. The van der Waals surface area contributed by atoms with E-state index in [4.69, 9.17) is 0 Å². The van der Waals surface area contributed by atoms with E-state index in [1.54, 1.807) is 0 Å². The fourth-order valence-corrected chi connectivity index (χ4v) is 3.72. The summed E-state index contributed by atoms with van der Waals surface area (Å²) in [5.41, 5.74) is 5.45. The average Bonchev–Trinajstić information content (AvgIpc) is 2.72. The molecular weight excluding hydrogens is 336 g/mol. The molecule has 27 heavy (non-hydrogen) atoms. The van der Waals surface area contributed by atoms with E-state index < -0.39 is 0 Å². The highest BCUT2D eigenvalue weighted by Crippen LogP contribution is 2.43. The SMILES string of the molecule is O=[N+]([O-])CCC1c2ccccc2C=C(c2ccccc2)N1c1ccccc1. The van der Waals surface area contributed by atoms with Crippen molar-refractivity contribution in [3.63, 3.8) is 0 Å². The molecular formula is C23H20N2O2. The van der Waals surface area contributed by atoms with Gasteiger partial charge in [-0.2, -0.15) is 0 Å². The number of hydrogen-bond donors (Lipinski definition) is 0. The Bertz CT molecular complexity index is 968. The number of nitro groups is 1. The third kappa shape index (κ3) is 3.47. The first-order valence-electron chi connectivity index (χ1n) is 9.06. The molecule has 1 atom stereocenters. The zero-order chi connectivity index (χ0) is 18.6. The van der Waals surface area contributed by atoms with E-state index in [9.17, 15) is 10.1 Å². The maximum atomic E-state index is 11.1. The molecule has 134 valence electrons. The molecule has 3 aromatic rings. The maximum Gasteiger partial charge on any atom is 0.206 e. The topological polar surface area (TPSA) is 46.4 Å². The second-order valence-corrected chi connectivity index (χ2v) is 6.59. The largest absolute Gasteiger partial charge is 0.333 e. The van der Waals surface area contributed by atoms with E-state index in [-0.39, 0.29) is 17.5 Å². The Labute approximate surface area is 158 Å². The van der Waals surface area contributed by atoms with E-state index in [2.05, 4.69) is 47.4 Å². The van der Waals surface area contributed by atoms with Crippen LogP contribution < -0.4 is 4.90 Å². The van der Waals surface area contributed by atoms with Crippen LogP contribution in [0.2, 0.25) is 0 Å². The highest BCUT2D eigenvalue weighted by molar-refractivity contribution is 5.93.